The molecule has 0 spiro atoms. The van der Waals surface area contributed by atoms with Gasteiger partial charge in [-0.25, -0.2) is 4.98 Å². The van der Waals surface area contributed by atoms with E-state index in [-0.39, 0.29) is 5.91 Å². The number of imidazole rings is 1. The van der Waals surface area contributed by atoms with E-state index in [1.165, 1.54) is 6.20 Å². The molecule has 2 heterocycles. The minimum Gasteiger partial charge on any atom is -0.317 e. The number of carbonyl (C=O) groups excluding carboxylic acids is 1. The Morgan fingerprint density at radius 1 is 1.53 bits per heavy atom. The van der Waals surface area contributed by atoms with Crippen molar-refractivity contribution in [3.63, 3.8) is 0 Å². The van der Waals surface area contributed by atoms with Crippen LogP contribution in [0.2, 0.25) is 0 Å². The summed E-state index contributed by atoms with van der Waals surface area (Å²) in [5.41, 5.74) is 0.420. The summed E-state index contributed by atoms with van der Waals surface area (Å²) in [6.45, 7) is 5.04. The average Bonchev–Trinajstić information content (AvgIpc) is 2.89. The molecular weight excluding hydrogens is 218 g/mol. The monoisotopic (exact) mass is 233 g/mol. The third-order valence-electron chi connectivity index (χ3n) is 2.25. The fraction of sp³-hybridized carbons (Fsp3) is 0.364. The first-order valence-electron chi connectivity index (χ1n) is 5.48. The molecule has 2 N–H and O–H groups in total. The Hall–Kier alpha value is -2.11. The van der Waals surface area contributed by atoms with Crippen LogP contribution in [0.25, 0.3) is 0 Å². The summed E-state index contributed by atoms with van der Waals surface area (Å²) in [7, 11) is 0. The second-order valence-electron chi connectivity index (χ2n) is 4.22. The van der Waals surface area contributed by atoms with E-state index in [0.717, 1.165) is 6.54 Å². The van der Waals surface area contributed by atoms with E-state index in [4.69, 9.17) is 0 Å². The van der Waals surface area contributed by atoms with Gasteiger partial charge in [0.05, 0.1) is 0 Å². The molecule has 2 aromatic rings. The largest absolute Gasteiger partial charge is 0.317 e. The van der Waals surface area contributed by atoms with Gasteiger partial charge in [-0.15, -0.1) is 0 Å². The van der Waals surface area contributed by atoms with Crippen LogP contribution in [0.15, 0.2) is 24.7 Å². The zero-order valence-electron chi connectivity index (χ0n) is 9.84. The lowest BCUT2D eigenvalue weighted by molar-refractivity contribution is 0.102. The number of aromatic amines is 1. The predicted molar refractivity (Wildman–Crippen MR) is 63.6 cm³/mol. The maximum Gasteiger partial charge on any atom is 0.275 e. The predicted octanol–water partition coefficient (Wildman–Crippen LogP) is 1.51. The quantitative estimate of drug-likeness (QED) is 0.840. The first kappa shape index (κ1) is 11.4. The normalized spacial score (nSPS) is 10.8. The van der Waals surface area contributed by atoms with Gasteiger partial charge in [-0.3, -0.25) is 15.2 Å². The van der Waals surface area contributed by atoms with Gasteiger partial charge in [0.1, 0.15) is 5.69 Å². The molecule has 0 aliphatic heterocycles. The lowest BCUT2D eigenvalue weighted by Gasteiger charge is -2.10. The molecule has 0 atom stereocenters. The Kier molecular flexibility index (Phi) is 3.22. The zero-order chi connectivity index (χ0) is 12.3. The van der Waals surface area contributed by atoms with Crippen molar-refractivity contribution in [3.8, 4) is 0 Å². The molecule has 0 radical (unpaired) electrons. The molecule has 6 nitrogen and oxygen atoms in total. The summed E-state index contributed by atoms with van der Waals surface area (Å²) in [6.07, 6.45) is 5.06. The zero-order valence-corrected chi connectivity index (χ0v) is 9.84. The highest BCUT2D eigenvalue weighted by Gasteiger charge is 2.11. The number of hydrogen-bond donors (Lipinski definition) is 2. The molecule has 17 heavy (non-hydrogen) atoms. The van der Waals surface area contributed by atoms with Gasteiger partial charge in [0.25, 0.3) is 5.91 Å². The van der Waals surface area contributed by atoms with Crippen molar-refractivity contribution < 1.29 is 4.79 Å². The molecule has 1 amide bonds. The number of anilines is 1. The van der Waals surface area contributed by atoms with Crippen LogP contribution >= 0.6 is 0 Å². The number of carbonyl (C=O) groups is 1. The maximum absolute atomic E-state index is 11.8. The van der Waals surface area contributed by atoms with Gasteiger partial charge < -0.3 is 4.57 Å². The SMILES string of the molecule is CC(C)Cn1ccnc1NC(=O)c1ccn[nH]1. The summed E-state index contributed by atoms with van der Waals surface area (Å²) in [4.78, 5) is 15.9. The fourth-order valence-electron chi connectivity index (χ4n) is 1.53. The van der Waals surface area contributed by atoms with Crippen molar-refractivity contribution in [2.45, 2.75) is 20.4 Å². The van der Waals surface area contributed by atoms with Crippen molar-refractivity contribution in [2.24, 2.45) is 5.92 Å². The van der Waals surface area contributed by atoms with Crippen molar-refractivity contribution in [2.75, 3.05) is 5.32 Å². The van der Waals surface area contributed by atoms with Crippen molar-refractivity contribution >= 4 is 11.9 Å². The number of hydrogen-bond acceptors (Lipinski definition) is 3. The lowest BCUT2D eigenvalue weighted by Crippen LogP contribution is -2.17. The van der Waals surface area contributed by atoms with Crippen LogP contribution < -0.4 is 5.32 Å². The Balaban J connectivity index is 2.08. The number of H-pyrrole nitrogens is 1. The molecule has 0 unspecified atom stereocenters. The van der Waals surface area contributed by atoms with E-state index in [9.17, 15) is 4.79 Å². The van der Waals surface area contributed by atoms with E-state index in [1.54, 1.807) is 12.3 Å². The summed E-state index contributed by atoms with van der Waals surface area (Å²) in [5.74, 6) is 0.809. The molecule has 6 heteroatoms. The molecule has 0 saturated heterocycles. The van der Waals surface area contributed by atoms with E-state index in [0.29, 0.717) is 17.6 Å². The number of rotatable bonds is 4. The fourth-order valence-corrected chi connectivity index (χ4v) is 1.53. The van der Waals surface area contributed by atoms with Crippen LogP contribution in [-0.4, -0.2) is 25.7 Å². The van der Waals surface area contributed by atoms with Crippen molar-refractivity contribution in [1.82, 2.24) is 19.7 Å². The Morgan fingerprint density at radius 3 is 3.00 bits per heavy atom. The number of nitrogens with zero attached hydrogens (tertiary/aromatic N) is 3. The van der Waals surface area contributed by atoms with Crippen LogP contribution in [0, 0.1) is 5.92 Å². The molecular formula is C11H15N5O. The second kappa shape index (κ2) is 4.82. The number of aromatic nitrogens is 4. The topological polar surface area (TPSA) is 75.6 Å². The Bertz CT molecular complexity index is 486. The van der Waals surface area contributed by atoms with Crippen molar-refractivity contribution in [3.05, 3.63) is 30.4 Å². The van der Waals surface area contributed by atoms with Gasteiger partial charge in [0.2, 0.25) is 5.95 Å². The first-order valence-corrected chi connectivity index (χ1v) is 5.48. The highest BCUT2D eigenvalue weighted by molar-refractivity contribution is 6.01. The van der Waals surface area contributed by atoms with Crippen LogP contribution in [0.1, 0.15) is 24.3 Å². The molecule has 0 fully saturated rings. The molecule has 0 aliphatic rings. The standard InChI is InChI=1S/C11H15N5O/c1-8(2)7-16-6-5-12-11(16)14-10(17)9-3-4-13-15-9/h3-6,8H,7H2,1-2H3,(H,13,15)(H,12,14,17). The van der Waals surface area contributed by atoms with Crippen LogP contribution in [0.5, 0.6) is 0 Å². The smallest absolute Gasteiger partial charge is 0.275 e. The van der Waals surface area contributed by atoms with Crippen LogP contribution in [-0.2, 0) is 6.54 Å². The van der Waals surface area contributed by atoms with Crippen LogP contribution in [0.4, 0.5) is 5.95 Å². The minimum atomic E-state index is -0.237. The molecule has 0 saturated carbocycles. The van der Waals surface area contributed by atoms with Crippen molar-refractivity contribution in [1.29, 1.82) is 0 Å². The Labute approximate surface area is 99.1 Å². The van der Waals surface area contributed by atoms with Gasteiger partial charge in [-0.1, -0.05) is 13.8 Å². The van der Waals surface area contributed by atoms with E-state index in [2.05, 4.69) is 34.3 Å². The molecule has 0 bridgehead atoms. The van der Waals surface area contributed by atoms with Gasteiger partial charge in [-0.05, 0) is 12.0 Å². The molecule has 90 valence electrons. The van der Waals surface area contributed by atoms with E-state index >= 15 is 0 Å². The van der Waals surface area contributed by atoms with E-state index in [1.807, 2.05) is 10.8 Å². The molecule has 0 aliphatic carbocycles. The summed E-state index contributed by atoms with van der Waals surface area (Å²) in [5, 5.41) is 9.08. The third-order valence-corrected chi connectivity index (χ3v) is 2.25. The summed E-state index contributed by atoms with van der Waals surface area (Å²) < 4.78 is 1.92. The van der Waals surface area contributed by atoms with Gasteiger partial charge in [-0.2, -0.15) is 5.10 Å². The number of nitrogens with one attached hydrogen (secondary N) is 2. The number of amides is 1. The lowest BCUT2D eigenvalue weighted by atomic mass is 10.2. The minimum absolute atomic E-state index is 0.237. The Morgan fingerprint density at radius 2 is 2.35 bits per heavy atom. The second-order valence-corrected chi connectivity index (χ2v) is 4.22. The van der Waals surface area contributed by atoms with Gasteiger partial charge >= 0.3 is 0 Å². The summed E-state index contributed by atoms with van der Waals surface area (Å²) in [6, 6.07) is 1.62. The van der Waals surface area contributed by atoms with Gasteiger partial charge in [0, 0.05) is 25.1 Å². The first-order chi connectivity index (χ1) is 8.16. The molecule has 2 rings (SSSR count). The molecule has 2 aromatic heterocycles. The third kappa shape index (κ3) is 2.72. The maximum atomic E-state index is 11.8. The molecule has 0 aromatic carbocycles. The highest BCUT2D eigenvalue weighted by Crippen LogP contribution is 2.09. The summed E-state index contributed by atoms with van der Waals surface area (Å²) >= 11 is 0. The average molecular weight is 233 g/mol. The van der Waals surface area contributed by atoms with Gasteiger partial charge in [0.15, 0.2) is 0 Å². The van der Waals surface area contributed by atoms with Crippen LogP contribution in [0.3, 0.4) is 0 Å². The van der Waals surface area contributed by atoms with E-state index < -0.39 is 0 Å². The highest BCUT2D eigenvalue weighted by atomic mass is 16.2.